The molecule has 0 radical (unpaired) electrons. The van der Waals surface area contributed by atoms with Crippen LogP contribution >= 0.6 is 8.58 Å². The molecule has 0 heterocycles. The molecule has 0 aromatic rings. The van der Waals surface area contributed by atoms with Crippen LogP contribution in [0.5, 0.6) is 0 Å². The average Bonchev–Trinajstić information content (AvgIpc) is 2.29. The Morgan fingerprint density at radius 3 is 1.20 bits per heavy atom. The largest absolute Gasteiger partial charge is 0.358 e. The SMILES string of the molecule is CC(C)(C)PC(C)(C)C.[C-]1=CC=CC1.[CH3-].[CH3-].[CH3-].[CH3-].[CH3-].[Hf]. The zero-order valence-corrected chi connectivity index (χ0v) is 20.5. The molecule has 0 unspecified atom stereocenters. The summed E-state index contributed by atoms with van der Waals surface area (Å²) in [4.78, 5) is 0. The van der Waals surface area contributed by atoms with Crippen molar-refractivity contribution in [2.24, 2.45) is 0 Å². The van der Waals surface area contributed by atoms with Crippen LogP contribution in [0.1, 0.15) is 48.0 Å². The topological polar surface area (TPSA) is 0 Å². The molecule has 1 aliphatic rings. The fraction of sp³-hybridized carbons (Fsp3) is 0.500. The molecular weight excluding hydrogens is 426 g/mol. The van der Waals surface area contributed by atoms with Crippen molar-refractivity contribution in [1.29, 1.82) is 0 Å². The Morgan fingerprint density at radius 1 is 0.800 bits per heavy atom. The third kappa shape index (κ3) is 42.8. The Kier molecular flexibility index (Phi) is 42.3. The quantitative estimate of drug-likeness (QED) is 0.210. The van der Waals surface area contributed by atoms with E-state index in [9.17, 15) is 0 Å². The molecule has 0 nitrogen and oxygen atoms in total. The van der Waals surface area contributed by atoms with Gasteiger partial charge in [-0.05, 0) is 10.3 Å². The van der Waals surface area contributed by atoms with Gasteiger partial charge in [0.25, 0.3) is 0 Å². The average molecular weight is 465 g/mol. The molecule has 0 amide bonds. The van der Waals surface area contributed by atoms with E-state index in [4.69, 9.17) is 0 Å². The molecule has 0 aliphatic heterocycles. The standard InChI is InChI=1S/C8H19P.C5H5.5CH3.Hf/c1-7(2,3)9-8(4,5)6;1-2-4-5-3-1;;;;;;/h9H,1-6H3;1-3H,4H2;5*1H3;/q;6*-1;. The van der Waals surface area contributed by atoms with Crippen molar-refractivity contribution < 1.29 is 25.8 Å². The minimum atomic E-state index is 0. The summed E-state index contributed by atoms with van der Waals surface area (Å²) in [6.45, 7) is 13.8. The van der Waals surface area contributed by atoms with Crippen molar-refractivity contribution in [2.45, 2.75) is 58.3 Å². The Balaban J connectivity index is -0.0000000276. The van der Waals surface area contributed by atoms with Crippen molar-refractivity contribution in [3.8, 4) is 0 Å². The predicted octanol–water partition coefficient (Wildman–Crippen LogP) is 6.82. The molecule has 126 valence electrons. The summed E-state index contributed by atoms with van der Waals surface area (Å²) in [6.07, 6.45) is 10.0. The van der Waals surface area contributed by atoms with Crippen molar-refractivity contribution in [3.63, 3.8) is 0 Å². The zero-order chi connectivity index (χ0) is 11.2. The number of hydrogen-bond donors (Lipinski definition) is 0. The minimum Gasteiger partial charge on any atom is -0.358 e. The summed E-state index contributed by atoms with van der Waals surface area (Å²) in [5.74, 6) is 0. The third-order valence-electron chi connectivity index (χ3n) is 1.34. The monoisotopic (exact) mass is 466 g/mol. The normalized spacial score (nSPS) is 10.7. The van der Waals surface area contributed by atoms with Crippen molar-refractivity contribution in [1.82, 2.24) is 0 Å². The number of allylic oxidation sites excluding steroid dienone is 4. The van der Waals surface area contributed by atoms with E-state index in [0.29, 0.717) is 10.3 Å². The van der Waals surface area contributed by atoms with E-state index >= 15 is 0 Å². The Morgan fingerprint density at radius 2 is 1.15 bits per heavy atom. The van der Waals surface area contributed by atoms with Gasteiger partial charge >= 0.3 is 0 Å². The van der Waals surface area contributed by atoms with Crippen LogP contribution in [-0.2, 0) is 25.8 Å². The van der Waals surface area contributed by atoms with Gasteiger partial charge in [-0.1, -0.05) is 41.5 Å². The first-order valence-electron chi connectivity index (χ1n) is 5.22. The fourth-order valence-corrected chi connectivity index (χ4v) is 3.72. The summed E-state index contributed by atoms with van der Waals surface area (Å²) < 4.78 is 0. The van der Waals surface area contributed by atoms with Gasteiger partial charge in [0.15, 0.2) is 0 Å². The molecule has 0 bridgehead atoms. The smallest absolute Gasteiger partial charge is 0 e. The van der Waals surface area contributed by atoms with Gasteiger partial charge in [0.2, 0.25) is 0 Å². The summed E-state index contributed by atoms with van der Waals surface area (Å²) in [5.41, 5.74) is 0. The van der Waals surface area contributed by atoms with Gasteiger partial charge in [-0.3, -0.25) is 6.08 Å². The molecule has 0 aromatic heterocycles. The summed E-state index contributed by atoms with van der Waals surface area (Å²) in [7, 11) is 1.05. The molecule has 0 fully saturated rings. The molecule has 1 aliphatic carbocycles. The molecule has 0 saturated heterocycles. The van der Waals surface area contributed by atoms with Crippen molar-refractivity contribution >= 4 is 8.58 Å². The second kappa shape index (κ2) is 19.8. The molecule has 0 N–H and O–H groups in total. The second-order valence-corrected chi connectivity index (χ2v) is 8.88. The summed E-state index contributed by atoms with van der Waals surface area (Å²) in [5, 5.41) is 1.02. The summed E-state index contributed by atoms with van der Waals surface area (Å²) in [6, 6.07) is 0. The van der Waals surface area contributed by atoms with E-state index in [2.05, 4.69) is 53.7 Å². The predicted molar refractivity (Wildman–Crippen MR) is 101 cm³/mol. The molecule has 0 aromatic carbocycles. The molecule has 1 rings (SSSR count). The molecule has 0 spiro atoms. The Bertz CT molecular complexity index is 182. The van der Waals surface area contributed by atoms with E-state index < -0.39 is 0 Å². The minimum absolute atomic E-state index is 0. The number of rotatable bonds is 0. The zero-order valence-electron chi connectivity index (χ0n) is 15.9. The van der Waals surface area contributed by atoms with Crippen LogP contribution in [0.4, 0.5) is 0 Å². The second-order valence-electron chi connectivity index (χ2n) is 5.63. The van der Waals surface area contributed by atoms with Crippen LogP contribution in [-0.4, -0.2) is 10.3 Å². The van der Waals surface area contributed by atoms with E-state index in [0.717, 1.165) is 15.0 Å². The van der Waals surface area contributed by atoms with Crippen LogP contribution in [0.3, 0.4) is 0 Å². The van der Waals surface area contributed by atoms with Crippen LogP contribution in [0.2, 0.25) is 0 Å². The van der Waals surface area contributed by atoms with Gasteiger partial charge in [0.05, 0.1) is 0 Å². The maximum absolute atomic E-state index is 2.99. The Hall–Kier alpha value is 0.780. The van der Waals surface area contributed by atoms with Crippen LogP contribution < -0.4 is 0 Å². The molecule has 0 atom stereocenters. The maximum atomic E-state index is 2.99. The van der Waals surface area contributed by atoms with Crippen LogP contribution in [0.25, 0.3) is 0 Å². The molecule has 2 heteroatoms. The van der Waals surface area contributed by atoms with E-state index in [-0.39, 0.29) is 63.0 Å². The third-order valence-corrected chi connectivity index (χ3v) is 2.84. The van der Waals surface area contributed by atoms with Crippen LogP contribution in [0.15, 0.2) is 18.2 Å². The number of hydrogen-bond acceptors (Lipinski definition) is 0. The van der Waals surface area contributed by atoms with Crippen molar-refractivity contribution in [2.75, 3.05) is 0 Å². The van der Waals surface area contributed by atoms with Gasteiger partial charge in [-0.25, -0.2) is 12.2 Å². The van der Waals surface area contributed by atoms with Crippen molar-refractivity contribution in [3.05, 3.63) is 61.4 Å². The first-order valence-corrected chi connectivity index (χ1v) is 6.22. The summed E-state index contributed by atoms with van der Waals surface area (Å²) >= 11 is 0. The molecule has 20 heavy (non-hydrogen) atoms. The van der Waals surface area contributed by atoms with E-state index in [1.165, 1.54) is 0 Å². The van der Waals surface area contributed by atoms with E-state index in [1.807, 2.05) is 12.2 Å². The molecular formula is C18H39HfP-6. The molecule has 0 saturated carbocycles. The first kappa shape index (κ1) is 42.8. The van der Waals surface area contributed by atoms with Gasteiger partial charge in [0.1, 0.15) is 0 Å². The van der Waals surface area contributed by atoms with Gasteiger partial charge < -0.3 is 37.1 Å². The first-order chi connectivity index (χ1) is 6.21. The van der Waals surface area contributed by atoms with Crippen LogP contribution in [0, 0.1) is 43.2 Å². The maximum Gasteiger partial charge on any atom is 0 e. The fourth-order valence-electron chi connectivity index (χ4n) is 1.47. The van der Waals surface area contributed by atoms with Gasteiger partial charge in [0, 0.05) is 25.8 Å². The van der Waals surface area contributed by atoms with Gasteiger partial charge in [-0.2, -0.15) is 6.08 Å². The van der Waals surface area contributed by atoms with Gasteiger partial charge in [-0.15, -0.1) is 15.0 Å². The van der Waals surface area contributed by atoms with E-state index in [1.54, 1.807) is 0 Å². The Labute approximate surface area is 153 Å².